The maximum atomic E-state index is 11.1. The van der Waals surface area contributed by atoms with Gasteiger partial charge in [-0.15, -0.1) is 0 Å². The van der Waals surface area contributed by atoms with Crippen LogP contribution in [0.5, 0.6) is 0 Å². The normalized spacial score (nSPS) is 15.3. The first-order valence-electron chi connectivity index (χ1n) is 7.19. The van der Waals surface area contributed by atoms with E-state index in [1.54, 1.807) is 0 Å². The highest BCUT2D eigenvalue weighted by Gasteiger charge is 2.27. The van der Waals surface area contributed by atoms with Crippen LogP contribution < -0.4 is 5.32 Å². The zero-order chi connectivity index (χ0) is 15.8. The SMILES string of the molecule is CCC(C#N)(CCCN(C)CCS(C)(=O)=O)NC(C)C. The van der Waals surface area contributed by atoms with E-state index in [2.05, 4.69) is 11.4 Å². The molecule has 0 aromatic carbocycles. The van der Waals surface area contributed by atoms with E-state index in [9.17, 15) is 13.7 Å². The van der Waals surface area contributed by atoms with E-state index in [0.717, 1.165) is 25.8 Å². The predicted octanol–water partition coefficient (Wildman–Crippen LogP) is 1.41. The van der Waals surface area contributed by atoms with Gasteiger partial charge in [-0.05, 0) is 46.7 Å². The van der Waals surface area contributed by atoms with Gasteiger partial charge in [0.1, 0.15) is 15.4 Å². The molecule has 0 aliphatic rings. The minimum atomic E-state index is -2.90. The van der Waals surface area contributed by atoms with Crippen molar-refractivity contribution in [3.63, 3.8) is 0 Å². The summed E-state index contributed by atoms with van der Waals surface area (Å²) in [6.07, 6.45) is 3.68. The smallest absolute Gasteiger partial charge is 0.148 e. The summed E-state index contributed by atoms with van der Waals surface area (Å²) in [5.41, 5.74) is -0.466. The van der Waals surface area contributed by atoms with Gasteiger partial charge in [0.05, 0.1) is 11.8 Å². The van der Waals surface area contributed by atoms with Crippen LogP contribution in [0.25, 0.3) is 0 Å². The Bertz CT molecular complexity index is 415. The van der Waals surface area contributed by atoms with E-state index >= 15 is 0 Å². The van der Waals surface area contributed by atoms with Crippen LogP contribution in [0.3, 0.4) is 0 Å². The Kier molecular flexibility index (Phi) is 8.33. The molecule has 0 aliphatic heterocycles. The summed E-state index contributed by atoms with van der Waals surface area (Å²) in [5.74, 6) is 0.185. The molecule has 1 unspecified atom stereocenters. The lowest BCUT2D eigenvalue weighted by Gasteiger charge is -2.29. The summed E-state index contributed by atoms with van der Waals surface area (Å²) >= 11 is 0. The first-order chi connectivity index (χ1) is 9.14. The highest BCUT2D eigenvalue weighted by molar-refractivity contribution is 7.90. The monoisotopic (exact) mass is 303 g/mol. The molecule has 1 N–H and O–H groups in total. The number of sulfone groups is 1. The maximum absolute atomic E-state index is 11.1. The Morgan fingerprint density at radius 1 is 1.35 bits per heavy atom. The first kappa shape index (κ1) is 19.4. The van der Waals surface area contributed by atoms with E-state index in [1.807, 2.05) is 32.7 Å². The third-order valence-electron chi connectivity index (χ3n) is 3.37. The molecule has 0 radical (unpaired) electrons. The molecule has 6 heteroatoms. The molecule has 0 saturated carbocycles. The Hall–Kier alpha value is -0.640. The summed E-state index contributed by atoms with van der Waals surface area (Å²) in [5, 5.41) is 12.7. The van der Waals surface area contributed by atoms with Gasteiger partial charge >= 0.3 is 0 Å². The lowest BCUT2D eigenvalue weighted by Crippen LogP contribution is -2.47. The Morgan fingerprint density at radius 3 is 2.35 bits per heavy atom. The number of nitrogens with zero attached hydrogens (tertiary/aromatic N) is 2. The van der Waals surface area contributed by atoms with Gasteiger partial charge in [-0.3, -0.25) is 5.32 Å². The lowest BCUT2D eigenvalue weighted by molar-refractivity contribution is 0.293. The van der Waals surface area contributed by atoms with Crippen LogP contribution in [0.2, 0.25) is 0 Å². The van der Waals surface area contributed by atoms with Crippen LogP contribution in [-0.2, 0) is 9.84 Å². The van der Waals surface area contributed by atoms with Crippen molar-refractivity contribution < 1.29 is 8.42 Å². The highest BCUT2D eigenvalue weighted by atomic mass is 32.2. The molecule has 118 valence electrons. The minimum Gasteiger partial charge on any atom is -0.305 e. The van der Waals surface area contributed by atoms with Crippen LogP contribution in [0.4, 0.5) is 0 Å². The van der Waals surface area contributed by atoms with Crippen LogP contribution >= 0.6 is 0 Å². The minimum absolute atomic E-state index is 0.185. The number of nitrogens with one attached hydrogen (secondary N) is 1. The molecule has 20 heavy (non-hydrogen) atoms. The predicted molar refractivity (Wildman–Crippen MR) is 83.3 cm³/mol. The van der Waals surface area contributed by atoms with Crippen molar-refractivity contribution in [1.82, 2.24) is 10.2 Å². The molecule has 0 heterocycles. The van der Waals surface area contributed by atoms with Crippen LogP contribution in [-0.4, -0.2) is 57.0 Å². The fourth-order valence-corrected chi connectivity index (χ4v) is 2.80. The second kappa shape index (κ2) is 8.60. The van der Waals surface area contributed by atoms with Crippen molar-refractivity contribution in [3.05, 3.63) is 0 Å². The summed E-state index contributed by atoms with van der Waals surface area (Å²) < 4.78 is 22.2. The van der Waals surface area contributed by atoms with E-state index in [0.29, 0.717) is 6.54 Å². The third-order valence-corrected chi connectivity index (χ3v) is 4.29. The number of hydrogen-bond acceptors (Lipinski definition) is 5. The fourth-order valence-electron chi connectivity index (χ4n) is 2.16. The van der Waals surface area contributed by atoms with E-state index < -0.39 is 15.4 Å². The van der Waals surface area contributed by atoms with Crippen LogP contribution in [0.15, 0.2) is 0 Å². The van der Waals surface area contributed by atoms with Gasteiger partial charge in [0.15, 0.2) is 0 Å². The van der Waals surface area contributed by atoms with Crippen molar-refractivity contribution in [2.75, 3.05) is 32.1 Å². The summed E-state index contributed by atoms with van der Waals surface area (Å²) in [4.78, 5) is 2.01. The second-order valence-corrected chi connectivity index (χ2v) is 8.14. The first-order valence-corrected chi connectivity index (χ1v) is 9.25. The molecule has 1 atom stereocenters. The quantitative estimate of drug-likeness (QED) is 0.660. The molecular weight excluding hydrogens is 274 g/mol. The Labute approximate surface area is 124 Å². The molecule has 0 aromatic rings. The largest absolute Gasteiger partial charge is 0.305 e. The Morgan fingerprint density at radius 2 is 1.95 bits per heavy atom. The topological polar surface area (TPSA) is 73.2 Å². The average molecular weight is 303 g/mol. The standard InChI is InChI=1S/C14H29N3O2S/c1-6-14(12-15,16-13(2)3)8-7-9-17(4)10-11-20(5,18)19/h13,16H,6-11H2,1-5H3. The Balaban J connectivity index is 4.22. The number of hydrogen-bond donors (Lipinski definition) is 1. The number of rotatable bonds is 10. The van der Waals surface area contributed by atoms with E-state index in [4.69, 9.17) is 0 Å². The third kappa shape index (κ3) is 8.51. The van der Waals surface area contributed by atoms with Crippen LogP contribution in [0.1, 0.15) is 40.0 Å². The zero-order valence-corrected chi connectivity index (χ0v) is 14.3. The van der Waals surface area contributed by atoms with Crippen molar-refractivity contribution in [1.29, 1.82) is 5.26 Å². The molecule has 0 bridgehead atoms. The molecule has 0 aliphatic carbocycles. The van der Waals surface area contributed by atoms with Gasteiger partial charge < -0.3 is 4.90 Å². The summed E-state index contributed by atoms with van der Waals surface area (Å²) in [6, 6.07) is 2.68. The molecular formula is C14H29N3O2S. The molecule has 0 fully saturated rings. The van der Waals surface area contributed by atoms with Crippen molar-refractivity contribution in [2.45, 2.75) is 51.6 Å². The lowest BCUT2D eigenvalue weighted by atomic mass is 9.91. The van der Waals surface area contributed by atoms with Crippen molar-refractivity contribution in [3.8, 4) is 6.07 Å². The van der Waals surface area contributed by atoms with Crippen LogP contribution in [0, 0.1) is 11.3 Å². The highest BCUT2D eigenvalue weighted by Crippen LogP contribution is 2.17. The summed E-state index contributed by atoms with van der Waals surface area (Å²) in [6.45, 7) is 7.45. The van der Waals surface area contributed by atoms with Crippen molar-refractivity contribution in [2.24, 2.45) is 0 Å². The van der Waals surface area contributed by atoms with E-state index in [1.165, 1.54) is 6.26 Å². The van der Waals surface area contributed by atoms with Gasteiger partial charge in [0, 0.05) is 18.8 Å². The van der Waals surface area contributed by atoms with Gasteiger partial charge in [-0.25, -0.2) is 8.42 Å². The average Bonchev–Trinajstić information content (AvgIpc) is 2.33. The van der Waals surface area contributed by atoms with Gasteiger partial charge in [0.2, 0.25) is 0 Å². The fraction of sp³-hybridized carbons (Fsp3) is 0.929. The van der Waals surface area contributed by atoms with Gasteiger partial charge in [-0.2, -0.15) is 5.26 Å². The van der Waals surface area contributed by atoms with E-state index in [-0.39, 0.29) is 11.8 Å². The van der Waals surface area contributed by atoms with Crippen molar-refractivity contribution >= 4 is 9.84 Å². The molecule has 0 saturated heterocycles. The van der Waals surface area contributed by atoms with Gasteiger partial charge in [0.25, 0.3) is 0 Å². The second-order valence-electron chi connectivity index (χ2n) is 5.88. The molecule has 0 spiro atoms. The summed E-state index contributed by atoms with van der Waals surface area (Å²) in [7, 11) is -0.986. The van der Waals surface area contributed by atoms with Gasteiger partial charge in [-0.1, -0.05) is 6.92 Å². The maximum Gasteiger partial charge on any atom is 0.148 e. The molecule has 0 rings (SSSR count). The molecule has 0 amide bonds. The number of nitriles is 1. The molecule has 0 aromatic heterocycles. The molecule has 5 nitrogen and oxygen atoms in total. The zero-order valence-electron chi connectivity index (χ0n) is 13.4.